The number of nitrogens with zero attached hydrogens (tertiary/aromatic N) is 3. The second-order valence-corrected chi connectivity index (χ2v) is 4.51. The Morgan fingerprint density at radius 3 is 2.72 bits per heavy atom. The number of hydrogen-bond donors (Lipinski definition) is 1. The molecular formula is C14H20N4. The molecule has 0 spiro atoms. The highest BCUT2D eigenvalue weighted by Crippen LogP contribution is 2.25. The first-order chi connectivity index (χ1) is 8.65. The van der Waals surface area contributed by atoms with Crippen LogP contribution in [0.25, 0.3) is 0 Å². The molecule has 0 aromatic carbocycles. The van der Waals surface area contributed by atoms with Gasteiger partial charge in [0.15, 0.2) is 0 Å². The molecule has 2 aromatic rings. The first kappa shape index (κ1) is 12.8. The van der Waals surface area contributed by atoms with E-state index in [9.17, 15) is 0 Å². The summed E-state index contributed by atoms with van der Waals surface area (Å²) in [4.78, 5) is 4.38. The Hall–Kier alpha value is -1.68. The average Bonchev–Trinajstić information content (AvgIpc) is 2.68. The van der Waals surface area contributed by atoms with Gasteiger partial charge in [0.2, 0.25) is 0 Å². The van der Waals surface area contributed by atoms with Crippen molar-refractivity contribution in [3.05, 3.63) is 47.0 Å². The van der Waals surface area contributed by atoms with Gasteiger partial charge in [0, 0.05) is 18.9 Å². The molecule has 0 saturated carbocycles. The van der Waals surface area contributed by atoms with E-state index in [1.54, 1.807) is 0 Å². The van der Waals surface area contributed by atoms with Gasteiger partial charge in [-0.15, -0.1) is 0 Å². The van der Waals surface area contributed by atoms with Crippen molar-refractivity contribution in [3.8, 4) is 0 Å². The fourth-order valence-electron chi connectivity index (χ4n) is 2.33. The van der Waals surface area contributed by atoms with Gasteiger partial charge in [0.05, 0.1) is 17.9 Å². The molecule has 18 heavy (non-hydrogen) atoms. The second-order valence-electron chi connectivity index (χ2n) is 4.51. The van der Waals surface area contributed by atoms with E-state index < -0.39 is 0 Å². The summed E-state index contributed by atoms with van der Waals surface area (Å²) in [6.07, 6.45) is 3.74. The van der Waals surface area contributed by atoms with Crippen molar-refractivity contribution in [2.45, 2.75) is 26.8 Å². The lowest BCUT2D eigenvalue weighted by Crippen LogP contribution is -2.25. The molecule has 1 N–H and O–H groups in total. The maximum atomic E-state index is 4.38. The zero-order valence-electron chi connectivity index (χ0n) is 11.4. The number of pyridine rings is 1. The minimum Gasteiger partial charge on any atom is -0.305 e. The van der Waals surface area contributed by atoms with Gasteiger partial charge in [0.25, 0.3) is 0 Å². The number of nitrogens with one attached hydrogen (secondary N) is 1. The molecule has 2 aromatic heterocycles. The smallest absolute Gasteiger partial charge is 0.0768 e. The molecule has 4 nitrogen and oxygen atoms in total. The number of hydrogen-bond acceptors (Lipinski definition) is 3. The van der Waals surface area contributed by atoms with Crippen molar-refractivity contribution in [1.29, 1.82) is 0 Å². The van der Waals surface area contributed by atoms with E-state index >= 15 is 0 Å². The third-order valence-electron chi connectivity index (χ3n) is 3.22. The second kappa shape index (κ2) is 5.31. The van der Waals surface area contributed by atoms with Gasteiger partial charge in [-0.2, -0.15) is 5.10 Å². The standard InChI is InChI=1S/C14H20N4/c1-5-15-13(12-7-6-8-16-11(12)3)14-10(2)9-17-18(14)4/h6-9,13,15H,5H2,1-4H3. The van der Waals surface area contributed by atoms with Gasteiger partial charge in [-0.05, 0) is 37.6 Å². The lowest BCUT2D eigenvalue weighted by molar-refractivity contribution is 0.566. The van der Waals surface area contributed by atoms with Gasteiger partial charge in [-0.25, -0.2) is 0 Å². The molecular weight excluding hydrogens is 224 g/mol. The minimum absolute atomic E-state index is 0.149. The summed E-state index contributed by atoms with van der Waals surface area (Å²) in [6, 6.07) is 4.26. The van der Waals surface area contributed by atoms with Crippen molar-refractivity contribution < 1.29 is 0 Å². The van der Waals surface area contributed by atoms with Crippen LogP contribution in [0, 0.1) is 13.8 Å². The average molecular weight is 244 g/mol. The molecule has 0 aliphatic carbocycles. The first-order valence-corrected chi connectivity index (χ1v) is 6.28. The Morgan fingerprint density at radius 2 is 2.17 bits per heavy atom. The van der Waals surface area contributed by atoms with Crippen LogP contribution < -0.4 is 5.32 Å². The van der Waals surface area contributed by atoms with E-state index in [0.29, 0.717) is 0 Å². The third kappa shape index (κ3) is 2.29. The molecule has 0 aliphatic heterocycles. The van der Waals surface area contributed by atoms with Crippen molar-refractivity contribution in [2.24, 2.45) is 7.05 Å². The summed E-state index contributed by atoms with van der Waals surface area (Å²) >= 11 is 0. The third-order valence-corrected chi connectivity index (χ3v) is 3.22. The summed E-state index contributed by atoms with van der Waals surface area (Å²) in [5.74, 6) is 0. The molecule has 0 radical (unpaired) electrons. The van der Waals surface area contributed by atoms with Crippen LogP contribution in [0.3, 0.4) is 0 Å². The van der Waals surface area contributed by atoms with Crippen LogP contribution in [0.15, 0.2) is 24.5 Å². The van der Waals surface area contributed by atoms with E-state index in [2.05, 4.69) is 35.3 Å². The van der Waals surface area contributed by atoms with Gasteiger partial charge >= 0.3 is 0 Å². The van der Waals surface area contributed by atoms with E-state index in [1.165, 1.54) is 16.8 Å². The molecule has 0 bridgehead atoms. The minimum atomic E-state index is 0.149. The Bertz CT molecular complexity index is 511. The lowest BCUT2D eigenvalue weighted by Gasteiger charge is -2.21. The molecule has 0 aliphatic rings. The highest BCUT2D eigenvalue weighted by atomic mass is 15.3. The van der Waals surface area contributed by atoms with Crippen molar-refractivity contribution in [1.82, 2.24) is 20.1 Å². The summed E-state index contributed by atoms with van der Waals surface area (Å²) in [6.45, 7) is 7.16. The highest BCUT2D eigenvalue weighted by molar-refractivity contribution is 5.33. The molecule has 2 heterocycles. The number of rotatable bonds is 4. The normalized spacial score (nSPS) is 12.7. The summed E-state index contributed by atoms with van der Waals surface area (Å²) < 4.78 is 1.94. The van der Waals surface area contributed by atoms with Crippen LogP contribution in [0.4, 0.5) is 0 Å². The maximum absolute atomic E-state index is 4.38. The molecule has 0 amide bonds. The van der Waals surface area contributed by atoms with E-state index in [1.807, 2.05) is 37.1 Å². The summed E-state index contributed by atoms with van der Waals surface area (Å²) in [5, 5.41) is 7.85. The SMILES string of the molecule is CCNC(c1cccnc1C)c1c(C)cnn1C. The predicted molar refractivity (Wildman–Crippen MR) is 72.4 cm³/mol. The van der Waals surface area contributed by atoms with Crippen LogP contribution in [0.1, 0.15) is 35.5 Å². The topological polar surface area (TPSA) is 42.7 Å². The van der Waals surface area contributed by atoms with Crippen molar-refractivity contribution in [2.75, 3.05) is 6.54 Å². The fraction of sp³-hybridized carbons (Fsp3) is 0.429. The molecule has 0 saturated heterocycles. The van der Waals surface area contributed by atoms with Crippen LogP contribution >= 0.6 is 0 Å². The van der Waals surface area contributed by atoms with Crippen LogP contribution in [-0.4, -0.2) is 21.3 Å². The monoisotopic (exact) mass is 244 g/mol. The molecule has 1 atom stereocenters. The quantitative estimate of drug-likeness (QED) is 0.896. The maximum Gasteiger partial charge on any atom is 0.0768 e. The van der Waals surface area contributed by atoms with Gasteiger partial charge in [-0.1, -0.05) is 13.0 Å². The summed E-state index contributed by atoms with van der Waals surface area (Å²) in [7, 11) is 1.98. The zero-order chi connectivity index (χ0) is 13.1. The largest absolute Gasteiger partial charge is 0.305 e. The van der Waals surface area contributed by atoms with Crippen molar-refractivity contribution in [3.63, 3.8) is 0 Å². The Labute approximate surface area is 108 Å². The fourth-order valence-corrected chi connectivity index (χ4v) is 2.33. The lowest BCUT2D eigenvalue weighted by atomic mass is 10.00. The Balaban J connectivity index is 2.50. The summed E-state index contributed by atoms with van der Waals surface area (Å²) in [5.41, 5.74) is 4.68. The number of aromatic nitrogens is 3. The molecule has 2 rings (SSSR count). The highest BCUT2D eigenvalue weighted by Gasteiger charge is 2.20. The van der Waals surface area contributed by atoms with E-state index in [-0.39, 0.29) is 6.04 Å². The predicted octanol–water partition coefficient (Wildman–Crippen LogP) is 2.13. The van der Waals surface area contributed by atoms with Gasteiger partial charge in [0.1, 0.15) is 0 Å². The van der Waals surface area contributed by atoms with Crippen LogP contribution in [0.5, 0.6) is 0 Å². The molecule has 0 fully saturated rings. The van der Waals surface area contributed by atoms with Crippen LogP contribution in [0.2, 0.25) is 0 Å². The van der Waals surface area contributed by atoms with Gasteiger partial charge < -0.3 is 5.32 Å². The molecule has 1 unspecified atom stereocenters. The van der Waals surface area contributed by atoms with Crippen molar-refractivity contribution >= 4 is 0 Å². The van der Waals surface area contributed by atoms with E-state index in [0.717, 1.165) is 12.2 Å². The van der Waals surface area contributed by atoms with Crippen LogP contribution in [-0.2, 0) is 7.05 Å². The first-order valence-electron chi connectivity index (χ1n) is 6.28. The van der Waals surface area contributed by atoms with E-state index in [4.69, 9.17) is 0 Å². The molecule has 96 valence electrons. The molecule has 4 heteroatoms. The Kier molecular flexibility index (Phi) is 3.77. The Morgan fingerprint density at radius 1 is 1.39 bits per heavy atom. The van der Waals surface area contributed by atoms with Gasteiger partial charge in [-0.3, -0.25) is 9.67 Å². The number of aryl methyl sites for hydroxylation is 3. The zero-order valence-corrected chi connectivity index (χ0v) is 11.4.